The van der Waals surface area contributed by atoms with Crippen molar-refractivity contribution in [2.75, 3.05) is 4.72 Å². The quantitative estimate of drug-likeness (QED) is 0.862. The first-order valence-corrected chi connectivity index (χ1v) is 7.88. The number of aromatic carboxylic acids is 1. The van der Waals surface area contributed by atoms with E-state index in [-0.39, 0.29) is 16.1 Å². The smallest absolute Gasteiger partial charge is 0.337 e. The van der Waals surface area contributed by atoms with Crippen molar-refractivity contribution in [3.63, 3.8) is 0 Å². The number of anilines is 1. The highest BCUT2D eigenvalue weighted by Gasteiger charge is 2.18. The summed E-state index contributed by atoms with van der Waals surface area (Å²) in [5.41, 5.74) is -0.273. The van der Waals surface area contributed by atoms with Gasteiger partial charge in [0.05, 0.1) is 16.1 Å². The summed E-state index contributed by atoms with van der Waals surface area (Å²) in [7, 11) is -4.00. The SMILES string of the molecule is O=C(O)c1ccc(Br)cc1NS(=O)(=O)c1ccc(F)cc1. The lowest BCUT2D eigenvalue weighted by molar-refractivity contribution is 0.0698. The molecule has 0 aliphatic carbocycles. The van der Waals surface area contributed by atoms with E-state index in [0.717, 1.165) is 24.3 Å². The molecule has 8 heteroatoms. The molecule has 0 spiro atoms. The van der Waals surface area contributed by atoms with E-state index < -0.39 is 21.8 Å². The Bertz CT molecular complexity index is 790. The average Bonchev–Trinajstić information content (AvgIpc) is 2.38. The van der Waals surface area contributed by atoms with E-state index in [2.05, 4.69) is 20.7 Å². The third kappa shape index (κ3) is 3.59. The molecule has 0 amide bonds. The van der Waals surface area contributed by atoms with E-state index in [1.807, 2.05) is 0 Å². The van der Waals surface area contributed by atoms with Crippen molar-refractivity contribution in [1.29, 1.82) is 0 Å². The molecule has 0 fully saturated rings. The molecular formula is C13H9BrFNO4S. The van der Waals surface area contributed by atoms with E-state index >= 15 is 0 Å². The minimum absolute atomic E-state index is 0.0822. The number of sulfonamides is 1. The van der Waals surface area contributed by atoms with Crippen molar-refractivity contribution >= 4 is 37.6 Å². The van der Waals surface area contributed by atoms with Gasteiger partial charge in [0.25, 0.3) is 10.0 Å². The zero-order chi connectivity index (χ0) is 15.6. The maximum atomic E-state index is 12.8. The van der Waals surface area contributed by atoms with Gasteiger partial charge in [-0.05, 0) is 42.5 Å². The first-order chi connectivity index (χ1) is 9.79. The van der Waals surface area contributed by atoms with Crippen LogP contribution in [0.2, 0.25) is 0 Å². The maximum Gasteiger partial charge on any atom is 0.337 e. The maximum absolute atomic E-state index is 12.8. The summed E-state index contributed by atoms with van der Waals surface area (Å²) in [6.45, 7) is 0. The van der Waals surface area contributed by atoms with Gasteiger partial charge in [-0.1, -0.05) is 15.9 Å². The first-order valence-electron chi connectivity index (χ1n) is 5.61. The summed E-state index contributed by atoms with van der Waals surface area (Å²) in [5, 5.41) is 9.06. The standard InChI is InChI=1S/C13H9BrFNO4S/c14-8-1-6-11(13(17)18)12(7-8)16-21(19,20)10-4-2-9(15)3-5-10/h1-7,16H,(H,17,18). The minimum Gasteiger partial charge on any atom is -0.478 e. The van der Waals surface area contributed by atoms with Crippen molar-refractivity contribution in [3.8, 4) is 0 Å². The second-order valence-corrected chi connectivity index (χ2v) is 6.65. The Morgan fingerprint density at radius 1 is 1.14 bits per heavy atom. The normalized spacial score (nSPS) is 11.1. The van der Waals surface area contributed by atoms with Gasteiger partial charge in [-0.25, -0.2) is 17.6 Å². The molecule has 0 aliphatic heterocycles. The van der Waals surface area contributed by atoms with Crippen LogP contribution in [0.5, 0.6) is 0 Å². The fourth-order valence-corrected chi connectivity index (χ4v) is 3.04. The van der Waals surface area contributed by atoms with E-state index in [9.17, 15) is 17.6 Å². The zero-order valence-corrected chi connectivity index (χ0v) is 12.8. The van der Waals surface area contributed by atoms with Crippen LogP contribution in [-0.4, -0.2) is 19.5 Å². The number of hydrogen-bond donors (Lipinski definition) is 2. The van der Waals surface area contributed by atoms with Crippen molar-refractivity contribution in [2.45, 2.75) is 4.90 Å². The Labute approximate surface area is 128 Å². The summed E-state index contributed by atoms with van der Waals surface area (Å²) in [4.78, 5) is 10.9. The van der Waals surface area contributed by atoms with E-state index in [0.29, 0.717) is 4.47 Å². The van der Waals surface area contributed by atoms with E-state index in [1.165, 1.54) is 18.2 Å². The van der Waals surface area contributed by atoms with Crippen molar-refractivity contribution in [2.24, 2.45) is 0 Å². The van der Waals surface area contributed by atoms with E-state index in [4.69, 9.17) is 5.11 Å². The van der Waals surface area contributed by atoms with Crippen LogP contribution in [-0.2, 0) is 10.0 Å². The van der Waals surface area contributed by atoms with Crippen LogP contribution >= 0.6 is 15.9 Å². The number of carboxylic acid groups (broad SMARTS) is 1. The molecule has 0 aromatic heterocycles. The van der Waals surface area contributed by atoms with Gasteiger partial charge in [0.2, 0.25) is 0 Å². The molecule has 0 heterocycles. The number of benzene rings is 2. The molecule has 0 radical (unpaired) electrons. The summed E-state index contributed by atoms with van der Waals surface area (Å²) in [6, 6.07) is 8.30. The van der Waals surface area contributed by atoms with Crippen LogP contribution in [0.15, 0.2) is 51.8 Å². The Morgan fingerprint density at radius 2 is 1.76 bits per heavy atom. The van der Waals surface area contributed by atoms with Crippen LogP contribution in [0, 0.1) is 5.82 Å². The number of hydrogen-bond acceptors (Lipinski definition) is 3. The fourth-order valence-electron chi connectivity index (χ4n) is 1.60. The van der Waals surface area contributed by atoms with E-state index in [1.54, 1.807) is 0 Å². The Balaban J connectivity index is 2.43. The third-order valence-electron chi connectivity index (χ3n) is 2.58. The minimum atomic E-state index is -4.00. The van der Waals surface area contributed by atoms with Gasteiger partial charge in [0, 0.05) is 4.47 Å². The molecule has 21 heavy (non-hydrogen) atoms. The molecule has 2 rings (SSSR count). The molecule has 110 valence electrons. The highest BCUT2D eigenvalue weighted by molar-refractivity contribution is 9.10. The van der Waals surface area contributed by atoms with Gasteiger partial charge in [0.1, 0.15) is 5.82 Å². The Morgan fingerprint density at radius 3 is 2.33 bits per heavy atom. The van der Waals surface area contributed by atoms with Gasteiger partial charge >= 0.3 is 5.97 Å². The second kappa shape index (κ2) is 5.82. The molecule has 0 atom stereocenters. The summed E-state index contributed by atoms with van der Waals surface area (Å²) >= 11 is 3.14. The van der Waals surface area contributed by atoms with Crippen LogP contribution in [0.25, 0.3) is 0 Å². The van der Waals surface area contributed by atoms with Crippen molar-refractivity contribution in [1.82, 2.24) is 0 Å². The molecule has 0 aliphatic rings. The topological polar surface area (TPSA) is 83.5 Å². The highest BCUT2D eigenvalue weighted by atomic mass is 79.9. The number of carbonyl (C=O) groups is 1. The number of rotatable bonds is 4. The van der Waals surface area contributed by atoms with Gasteiger partial charge < -0.3 is 5.11 Å². The number of carboxylic acids is 1. The van der Waals surface area contributed by atoms with Gasteiger partial charge in [-0.3, -0.25) is 4.72 Å². The lowest BCUT2D eigenvalue weighted by Crippen LogP contribution is -2.15. The molecule has 0 unspecified atom stereocenters. The molecule has 2 N–H and O–H groups in total. The predicted octanol–water partition coefficient (Wildman–Crippen LogP) is 3.09. The third-order valence-corrected chi connectivity index (χ3v) is 4.45. The summed E-state index contributed by atoms with van der Waals surface area (Å²) < 4.78 is 39.8. The average molecular weight is 374 g/mol. The van der Waals surface area contributed by atoms with Gasteiger partial charge in [-0.2, -0.15) is 0 Å². The molecule has 2 aromatic carbocycles. The lowest BCUT2D eigenvalue weighted by atomic mass is 10.2. The van der Waals surface area contributed by atoms with Crippen LogP contribution in [0.1, 0.15) is 10.4 Å². The lowest BCUT2D eigenvalue weighted by Gasteiger charge is -2.11. The van der Waals surface area contributed by atoms with Crippen molar-refractivity contribution < 1.29 is 22.7 Å². The van der Waals surface area contributed by atoms with Crippen molar-refractivity contribution in [3.05, 3.63) is 58.3 Å². The largest absolute Gasteiger partial charge is 0.478 e. The van der Waals surface area contributed by atoms with Crippen LogP contribution in [0.4, 0.5) is 10.1 Å². The summed E-state index contributed by atoms with van der Waals surface area (Å²) in [6.07, 6.45) is 0. The predicted molar refractivity (Wildman–Crippen MR) is 78.3 cm³/mol. The molecule has 0 saturated carbocycles. The molecule has 0 bridgehead atoms. The number of nitrogens with one attached hydrogen (secondary N) is 1. The highest BCUT2D eigenvalue weighted by Crippen LogP contribution is 2.24. The molecule has 5 nitrogen and oxygen atoms in total. The van der Waals surface area contributed by atoms with Gasteiger partial charge in [-0.15, -0.1) is 0 Å². The number of halogens is 2. The van der Waals surface area contributed by atoms with Crippen LogP contribution < -0.4 is 4.72 Å². The zero-order valence-electron chi connectivity index (χ0n) is 10.4. The molecular weight excluding hydrogens is 365 g/mol. The second-order valence-electron chi connectivity index (χ2n) is 4.05. The van der Waals surface area contributed by atoms with Crippen LogP contribution in [0.3, 0.4) is 0 Å². The first kappa shape index (κ1) is 15.5. The monoisotopic (exact) mass is 373 g/mol. The Kier molecular flexibility index (Phi) is 4.29. The van der Waals surface area contributed by atoms with Gasteiger partial charge in [0.15, 0.2) is 0 Å². The Hall–Kier alpha value is -1.93. The fraction of sp³-hybridized carbons (Fsp3) is 0. The molecule has 0 saturated heterocycles. The molecule has 2 aromatic rings. The summed E-state index contributed by atoms with van der Waals surface area (Å²) in [5.74, 6) is -1.83.